The van der Waals surface area contributed by atoms with Crippen LogP contribution in [0.3, 0.4) is 0 Å². The Morgan fingerprint density at radius 3 is 2.26 bits per heavy atom. The molecule has 1 aliphatic carbocycles. The largest absolute Gasteiger partial charge is 0.335 e. The predicted molar refractivity (Wildman–Crippen MR) is 117 cm³/mol. The van der Waals surface area contributed by atoms with Gasteiger partial charge in [-0.2, -0.15) is 5.10 Å². The van der Waals surface area contributed by atoms with Gasteiger partial charge < -0.3 is 15.1 Å². The number of hydrogen-bond donors (Lipinski definition) is 2. The molecule has 2 heterocycles. The lowest BCUT2D eigenvalue weighted by Gasteiger charge is -2.34. The van der Waals surface area contributed by atoms with E-state index in [4.69, 9.17) is 0 Å². The maximum atomic E-state index is 12.6. The van der Waals surface area contributed by atoms with Crippen LogP contribution in [0.5, 0.6) is 0 Å². The van der Waals surface area contributed by atoms with Crippen LogP contribution in [0.15, 0.2) is 54.6 Å². The van der Waals surface area contributed by atoms with Gasteiger partial charge in [0.15, 0.2) is 5.82 Å². The molecule has 8 nitrogen and oxygen atoms in total. The second kappa shape index (κ2) is 8.22. The minimum atomic E-state index is -0.159. The molecule has 2 N–H and O–H groups in total. The SMILES string of the molecule is O=C(Nc1ccc(-c2n[nH]c(C3CC3)n2)cc1)N1CCN(C(=O)c2ccccc2)CC1. The number of carbonyl (C=O) groups excluding carboxylic acids is 2. The number of H-pyrrole nitrogens is 1. The van der Waals surface area contributed by atoms with Gasteiger partial charge in [0, 0.05) is 48.9 Å². The van der Waals surface area contributed by atoms with Crippen LogP contribution in [0.4, 0.5) is 10.5 Å². The van der Waals surface area contributed by atoms with Gasteiger partial charge in [0.2, 0.25) is 0 Å². The van der Waals surface area contributed by atoms with E-state index in [2.05, 4.69) is 20.5 Å². The third-order valence-electron chi connectivity index (χ3n) is 5.74. The number of aromatic nitrogens is 3. The maximum absolute atomic E-state index is 12.6. The summed E-state index contributed by atoms with van der Waals surface area (Å²) in [7, 11) is 0. The monoisotopic (exact) mass is 416 g/mol. The minimum Gasteiger partial charge on any atom is -0.335 e. The average Bonchev–Trinajstić information content (AvgIpc) is 3.56. The molecule has 0 atom stereocenters. The zero-order valence-electron chi connectivity index (χ0n) is 17.1. The highest BCUT2D eigenvalue weighted by Gasteiger charge is 2.27. The number of carbonyl (C=O) groups is 2. The first-order valence-corrected chi connectivity index (χ1v) is 10.6. The van der Waals surface area contributed by atoms with Gasteiger partial charge in [-0.05, 0) is 49.2 Å². The normalized spacial score (nSPS) is 16.3. The van der Waals surface area contributed by atoms with E-state index in [9.17, 15) is 9.59 Å². The Morgan fingerprint density at radius 1 is 0.903 bits per heavy atom. The van der Waals surface area contributed by atoms with E-state index in [-0.39, 0.29) is 11.9 Å². The number of piperazine rings is 1. The Bertz CT molecular complexity index is 1070. The number of nitrogens with one attached hydrogen (secondary N) is 2. The van der Waals surface area contributed by atoms with Crippen molar-refractivity contribution in [2.24, 2.45) is 0 Å². The van der Waals surface area contributed by atoms with Crippen LogP contribution < -0.4 is 5.32 Å². The molecule has 2 aliphatic rings. The summed E-state index contributed by atoms with van der Waals surface area (Å²) in [5, 5.41) is 10.2. The first-order valence-electron chi connectivity index (χ1n) is 10.6. The number of nitrogens with zero attached hydrogens (tertiary/aromatic N) is 4. The van der Waals surface area contributed by atoms with Crippen LogP contribution in [0.1, 0.15) is 34.9 Å². The zero-order chi connectivity index (χ0) is 21.2. The fraction of sp³-hybridized carbons (Fsp3) is 0.304. The molecule has 158 valence electrons. The molecular weight excluding hydrogens is 392 g/mol. The number of benzene rings is 2. The van der Waals surface area contributed by atoms with Crippen molar-refractivity contribution in [1.82, 2.24) is 25.0 Å². The van der Waals surface area contributed by atoms with Crippen LogP contribution in [0.25, 0.3) is 11.4 Å². The van der Waals surface area contributed by atoms with Gasteiger partial charge in [0.25, 0.3) is 5.91 Å². The van der Waals surface area contributed by atoms with E-state index in [1.165, 1.54) is 12.8 Å². The molecule has 5 rings (SSSR count). The van der Waals surface area contributed by atoms with E-state index in [1.807, 2.05) is 54.6 Å². The lowest BCUT2D eigenvalue weighted by atomic mass is 10.2. The summed E-state index contributed by atoms with van der Waals surface area (Å²) in [6, 6.07) is 16.6. The smallest absolute Gasteiger partial charge is 0.321 e. The van der Waals surface area contributed by atoms with E-state index >= 15 is 0 Å². The van der Waals surface area contributed by atoms with Crippen molar-refractivity contribution in [1.29, 1.82) is 0 Å². The molecule has 3 aromatic rings. The first kappa shape index (κ1) is 19.3. The van der Waals surface area contributed by atoms with Crippen molar-refractivity contribution < 1.29 is 9.59 Å². The van der Waals surface area contributed by atoms with Gasteiger partial charge in [-0.1, -0.05) is 18.2 Å². The van der Waals surface area contributed by atoms with E-state index in [1.54, 1.807) is 9.80 Å². The molecule has 8 heteroatoms. The molecule has 1 saturated carbocycles. The molecule has 0 radical (unpaired) electrons. The molecular formula is C23H24N6O2. The van der Waals surface area contributed by atoms with Crippen molar-refractivity contribution in [3.8, 4) is 11.4 Å². The number of urea groups is 1. The highest BCUT2D eigenvalue weighted by Crippen LogP contribution is 2.38. The summed E-state index contributed by atoms with van der Waals surface area (Å²) in [4.78, 5) is 33.3. The van der Waals surface area contributed by atoms with Gasteiger partial charge in [0.1, 0.15) is 5.82 Å². The van der Waals surface area contributed by atoms with Crippen LogP contribution in [-0.2, 0) is 0 Å². The van der Waals surface area contributed by atoms with Gasteiger partial charge in [-0.25, -0.2) is 9.78 Å². The lowest BCUT2D eigenvalue weighted by molar-refractivity contribution is 0.0671. The van der Waals surface area contributed by atoms with Crippen LogP contribution in [0, 0.1) is 0 Å². The second-order valence-corrected chi connectivity index (χ2v) is 7.97. The highest BCUT2D eigenvalue weighted by atomic mass is 16.2. The highest BCUT2D eigenvalue weighted by molar-refractivity contribution is 5.94. The molecule has 3 amide bonds. The Kier molecular flexibility index (Phi) is 5.11. The Hall–Kier alpha value is -3.68. The number of amides is 3. The summed E-state index contributed by atoms with van der Waals surface area (Å²) >= 11 is 0. The Labute approximate surface area is 180 Å². The van der Waals surface area contributed by atoms with Gasteiger partial charge in [-0.3, -0.25) is 9.89 Å². The molecule has 0 unspecified atom stereocenters. The number of rotatable bonds is 4. The third-order valence-corrected chi connectivity index (χ3v) is 5.74. The number of hydrogen-bond acceptors (Lipinski definition) is 4. The molecule has 2 fully saturated rings. The van der Waals surface area contributed by atoms with Gasteiger partial charge in [0.05, 0.1) is 0 Å². The molecule has 1 saturated heterocycles. The fourth-order valence-corrected chi connectivity index (χ4v) is 3.72. The van der Waals surface area contributed by atoms with Crippen molar-refractivity contribution in [3.05, 3.63) is 66.0 Å². The lowest BCUT2D eigenvalue weighted by Crippen LogP contribution is -2.51. The van der Waals surface area contributed by atoms with Crippen LogP contribution in [-0.4, -0.2) is 63.1 Å². The van der Waals surface area contributed by atoms with Crippen LogP contribution >= 0.6 is 0 Å². The summed E-state index contributed by atoms with van der Waals surface area (Å²) in [6.45, 7) is 2.05. The van der Waals surface area contributed by atoms with Crippen molar-refractivity contribution in [2.45, 2.75) is 18.8 Å². The maximum Gasteiger partial charge on any atom is 0.321 e. The van der Waals surface area contributed by atoms with Crippen molar-refractivity contribution >= 4 is 17.6 Å². The first-order chi connectivity index (χ1) is 15.2. The number of aromatic amines is 1. The van der Waals surface area contributed by atoms with E-state index in [0.29, 0.717) is 43.5 Å². The summed E-state index contributed by atoms with van der Waals surface area (Å²) in [6.07, 6.45) is 2.35. The third kappa shape index (κ3) is 4.28. The van der Waals surface area contributed by atoms with E-state index in [0.717, 1.165) is 17.1 Å². The van der Waals surface area contributed by atoms with Crippen molar-refractivity contribution in [3.63, 3.8) is 0 Å². The topological polar surface area (TPSA) is 94.2 Å². The average molecular weight is 416 g/mol. The molecule has 2 aromatic carbocycles. The number of anilines is 1. The molecule has 1 aliphatic heterocycles. The summed E-state index contributed by atoms with van der Waals surface area (Å²) in [5.74, 6) is 2.17. The van der Waals surface area contributed by atoms with Crippen LogP contribution in [0.2, 0.25) is 0 Å². The Balaban J connectivity index is 1.15. The predicted octanol–water partition coefficient (Wildman–Crippen LogP) is 3.34. The van der Waals surface area contributed by atoms with Gasteiger partial charge >= 0.3 is 6.03 Å². The Morgan fingerprint density at radius 2 is 1.58 bits per heavy atom. The van der Waals surface area contributed by atoms with Crippen molar-refractivity contribution in [2.75, 3.05) is 31.5 Å². The second-order valence-electron chi connectivity index (χ2n) is 7.97. The summed E-state index contributed by atoms with van der Waals surface area (Å²) in [5.41, 5.74) is 2.31. The zero-order valence-corrected chi connectivity index (χ0v) is 17.1. The minimum absolute atomic E-state index is 0.00747. The molecule has 0 spiro atoms. The molecule has 1 aromatic heterocycles. The molecule has 0 bridgehead atoms. The quantitative estimate of drug-likeness (QED) is 0.682. The standard InChI is InChI=1S/C23H24N6O2/c30-22(18-4-2-1-3-5-18)28-12-14-29(15-13-28)23(31)24-19-10-8-17(9-11-19)21-25-20(26-27-21)16-6-7-16/h1-5,8-11,16H,6-7,12-15H2,(H,24,31)(H,25,26,27). The van der Waals surface area contributed by atoms with E-state index < -0.39 is 0 Å². The molecule has 31 heavy (non-hydrogen) atoms. The summed E-state index contributed by atoms with van der Waals surface area (Å²) < 4.78 is 0. The fourth-order valence-electron chi connectivity index (χ4n) is 3.72. The van der Waals surface area contributed by atoms with Gasteiger partial charge in [-0.15, -0.1) is 0 Å².